The van der Waals surface area contributed by atoms with Crippen LogP contribution in [0.4, 0.5) is 0 Å². The molecular weight excluding hydrogens is 496 g/mol. The van der Waals surface area contributed by atoms with E-state index in [4.69, 9.17) is 14.7 Å². The number of nitrogens with zero attached hydrogens (tertiary/aromatic N) is 6. The third kappa shape index (κ3) is 4.31. The lowest BCUT2D eigenvalue weighted by Crippen LogP contribution is -2.25. The summed E-state index contributed by atoms with van der Waals surface area (Å²) in [6, 6.07) is 12.1. The zero-order valence-corrected chi connectivity index (χ0v) is 21.8. The summed E-state index contributed by atoms with van der Waals surface area (Å²) in [4.78, 5) is 27.1. The molecule has 1 aliphatic rings. The van der Waals surface area contributed by atoms with E-state index in [9.17, 15) is 0 Å². The van der Waals surface area contributed by atoms with E-state index in [1.807, 2.05) is 30.5 Å². The molecule has 7 heterocycles. The van der Waals surface area contributed by atoms with Gasteiger partial charge in [-0.2, -0.15) is 5.10 Å². The number of nitrogens with one attached hydrogen (secondary N) is 2. The molecule has 6 aromatic heterocycles. The Morgan fingerprint density at radius 3 is 2.74 bits per heavy atom. The topological polar surface area (TPSA) is 108 Å². The van der Waals surface area contributed by atoms with Crippen LogP contribution in [0, 0.1) is 6.92 Å². The van der Waals surface area contributed by atoms with Gasteiger partial charge in [0.1, 0.15) is 29.1 Å². The molecule has 0 atom stereocenters. The van der Waals surface area contributed by atoms with E-state index in [0.29, 0.717) is 18.1 Å². The van der Waals surface area contributed by atoms with Crippen LogP contribution in [0.15, 0.2) is 55.0 Å². The summed E-state index contributed by atoms with van der Waals surface area (Å²) in [7, 11) is 0. The van der Waals surface area contributed by atoms with Crippen LogP contribution >= 0.6 is 11.3 Å². The molecule has 38 heavy (non-hydrogen) atoms. The van der Waals surface area contributed by atoms with Gasteiger partial charge in [0, 0.05) is 29.4 Å². The van der Waals surface area contributed by atoms with Gasteiger partial charge in [0.25, 0.3) is 0 Å². The second-order valence-electron chi connectivity index (χ2n) is 9.52. The summed E-state index contributed by atoms with van der Waals surface area (Å²) in [5.41, 5.74) is 6.52. The molecule has 1 aliphatic heterocycles. The quantitative estimate of drug-likeness (QED) is 0.286. The minimum atomic E-state index is 0.649. The number of fused-ring (bicyclic) bond motifs is 2. The third-order valence-electron chi connectivity index (χ3n) is 6.89. The number of thiophene rings is 1. The summed E-state index contributed by atoms with van der Waals surface area (Å²) in [6.07, 6.45) is 7.93. The predicted molar refractivity (Wildman–Crippen MR) is 149 cm³/mol. The number of ether oxygens (including phenoxy) is 1. The number of hydrogen-bond acceptors (Lipinski definition) is 8. The Hall–Kier alpha value is -4.15. The van der Waals surface area contributed by atoms with Gasteiger partial charge in [-0.15, -0.1) is 11.3 Å². The monoisotopic (exact) mass is 522 g/mol. The highest BCUT2D eigenvalue weighted by atomic mass is 32.1. The fourth-order valence-corrected chi connectivity index (χ4v) is 5.82. The van der Waals surface area contributed by atoms with Crippen LogP contribution in [-0.2, 0) is 0 Å². The molecular formula is C28H26N8OS. The zero-order valence-electron chi connectivity index (χ0n) is 20.9. The van der Waals surface area contributed by atoms with Crippen LogP contribution in [0.1, 0.15) is 17.7 Å². The first-order valence-electron chi connectivity index (χ1n) is 12.8. The van der Waals surface area contributed by atoms with Crippen molar-refractivity contribution in [3.8, 4) is 39.1 Å². The molecule has 190 valence electrons. The van der Waals surface area contributed by atoms with Gasteiger partial charge in [0.15, 0.2) is 11.5 Å². The van der Waals surface area contributed by atoms with Crippen LogP contribution in [0.5, 0.6) is 5.75 Å². The van der Waals surface area contributed by atoms with Crippen molar-refractivity contribution in [2.24, 2.45) is 0 Å². The average Bonchev–Trinajstić information content (AvgIpc) is 3.74. The maximum atomic E-state index is 6.01. The molecule has 0 aliphatic carbocycles. The molecule has 10 heteroatoms. The number of aromatic amines is 2. The second kappa shape index (κ2) is 9.62. The third-order valence-corrected chi connectivity index (χ3v) is 7.90. The molecule has 1 saturated heterocycles. The number of H-pyrrole nitrogens is 2. The van der Waals surface area contributed by atoms with Crippen molar-refractivity contribution in [2.45, 2.75) is 19.8 Å². The number of pyridine rings is 3. The molecule has 0 aromatic carbocycles. The molecule has 6 aromatic rings. The van der Waals surface area contributed by atoms with E-state index in [1.54, 1.807) is 23.7 Å². The normalized spacial score (nSPS) is 14.1. The predicted octanol–water partition coefficient (Wildman–Crippen LogP) is 5.47. The van der Waals surface area contributed by atoms with Crippen LogP contribution in [0.3, 0.4) is 0 Å². The Bertz CT molecular complexity index is 1750. The Morgan fingerprint density at radius 1 is 0.974 bits per heavy atom. The number of likely N-dealkylation sites (tertiary alicyclic amines) is 1. The number of aryl methyl sites for hydroxylation is 1. The van der Waals surface area contributed by atoms with Gasteiger partial charge >= 0.3 is 0 Å². The first kappa shape index (κ1) is 23.0. The van der Waals surface area contributed by atoms with Gasteiger partial charge in [-0.05, 0) is 69.3 Å². The highest BCUT2D eigenvalue weighted by Crippen LogP contribution is 2.33. The van der Waals surface area contributed by atoms with E-state index in [1.165, 1.54) is 17.7 Å². The van der Waals surface area contributed by atoms with Gasteiger partial charge in [0.05, 0.1) is 27.8 Å². The van der Waals surface area contributed by atoms with E-state index in [-0.39, 0.29) is 0 Å². The lowest BCUT2D eigenvalue weighted by atomic mass is 10.1. The number of aromatic nitrogens is 7. The molecule has 0 saturated carbocycles. The number of imidazole rings is 1. The highest BCUT2D eigenvalue weighted by Gasteiger charge is 2.18. The summed E-state index contributed by atoms with van der Waals surface area (Å²) >= 11 is 1.71. The molecule has 9 nitrogen and oxygen atoms in total. The second-order valence-corrected chi connectivity index (χ2v) is 10.8. The van der Waals surface area contributed by atoms with Crippen molar-refractivity contribution in [3.05, 3.63) is 59.9 Å². The van der Waals surface area contributed by atoms with E-state index < -0.39 is 0 Å². The van der Waals surface area contributed by atoms with Crippen molar-refractivity contribution in [1.82, 2.24) is 40.0 Å². The first-order chi connectivity index (χ1) is 18.7. The van der Waals surface area contributed by atoms with E-state index in [0.717, 1.165) is 69.3 Å². The molecule has 0 radical (unpaired) electrons. The Balaban J connectivity index is 1.20. The van der Waals surface area contributed by atoms with Gasteiger partial charge in [0.2, 0.25) is 0 Å². The largest absolute Gasteiger partial charge is 0.491 e. The van der Waals surface area contributed by atoms with E-state index >= 15 is 0 Å². The summed E-state index contributed by atoms with van der Waals surface area (Å²) in [6.45, 7) is 6.01. The maximum Gasteiger partial charge on any atom is 0.161 e. The minimum Gasteiger partial charge on any atom is -0.491 e. The lowest BCUT2D eigenvalue weighted by molar-refractivity contribution is 0.237. The maximum absolute atomic E-state index is 6.01. The summed E-state index contributed by atoms with van der Waals surface area (Å²) in [5, 5.41) is 7.65. The first-order valence-corrected chi connectivity index (χ1v) is 13.6. The van der Waals surface area contributed by atoms with Crippen molar-refractivity contribution in [3.63, 3.8) is 0 Å². The van der Waals surface area contributed by atoms with Gasteiger partial charge in [-0.25, -0.2) is 9.97 Å². The van der Waals surface area contributed by atoms with Crippen molar-refractivity contribution in [2.75, 3.05) is 26.2 Å². The molecule has 0 amide bonds. The Morgan fingerprint density at radius 2 is 1.87 bits per heavy atom. The minimum absolute atomic E-state index is 0.649. The Labute approximate surface area is 223 Å². The molecule has 2 N–H and O–H groups in total. The zero-order chi connectivity index (χ0) is 25.5. The molecule has 7 rings (SSSR count). The van der Waals surface area contributed by atoms with Crippen LogP contribution in [0.25, 0.3) is 55.4 Å². The summed E-state index contributed by atoms with van der Waals surface area (Å²) < 4.78 is 6.01. The molecule has 0 spiro atoms. The number of hydrogen-bond donors (Lipinski definition) is 2. The SMILES string of the molecule is Cc1ccc(-c2nccc3[nH]c(-c4n[nH]c5ccc(-c6cncc(OCCN7CCCC7)c6)nc45)nc23)s1. The molecule has 1 fully saturated rings. The van der Waals surface area contributed by atoms with Crippen molar-refractivity contribution >= 4 is 33.4 Å². The van der Waals surface area contributed by atoms with Crippen molar-refractivity contribution in [1.29, 1.82) is 0 Å². The van der Waals surface area contributed by atoms with Crippen LogP contribution in [-0.4, -0.2) is 66.3 Å². The molecule has 0 bridgehead atoms. The highest BCUT2D eigenvalue weighted by molar-refractivity contribution is 7.15. The summed E-state index contributed by atoms with van der Waals surface area (Å²) in [5.74, 6) is 1.40. The smallest absolute Gasteiger partial charge is 0.161 e. The fraction of sp³-hybridized carbons (Fsp3) is 0.250. The van der Waals surface area contributed by atoms with Crippen LogP contribution in [0.2, 0.25) is 0 Å². The van der Waals surface area contributed by atoms with Crippen molar-refractivity contribution < 1.29 is 4.74 Å². The van der Waals surface area contributed by atoms with Gasteiger partial charge in [-0.1, -0.05) is 0 Å². The van der Waals surface area contributed by atoms with Gasteiger partial charge in [-0.3, -0.25) is 20.0 Å². The molecule has 0 unspecified atom stereocenters. The Kier molecular flexibility index (Phi) is 5.82. The fourth-order valence-electron chi connectivity index (χ4n) is 4.95. The van der Waals surface area contributed by atoms with Gasteiger partial charge < -0.3 is 9.72 Å². The average molecular weight is 523 g/mol. The number of rotatable bonds is 7. The van der Waals surface area contributed by atoms with Crippen LogP contribution < -0.4 is 4.74 Å². The standard InChI is InChI=1S/C28H26N8OS/c1-17-4-7-23(38-17)26-24-21(8-9-30-26)32-28(33-24)27-25-22(34-35-27)6-5-20(31-25)18-14-19(16-29-15-18)37-13-12-36-10-2-3-11-36/h4-9,14-16H,2-3,10-13H2,1H3,(H,32,33)(H,34,35). The van der Waals surface area contributed by atoms with E-state index in [2.05, 4.69) is 49.1 Å². The lowest BCUT2D eigenvalue weighted by Gasteiger charge is -2.15.